The third-order valence-corrected chi connectivity index (χ3v) is 6.50. The van der Waals surface area contributed by atoms with E-state index in [2.05, 4.69) is 22.1 Å². The SMILES string of the molecule is C=CCn1c(SCC(=O)Nc2sc(CC)cc2C(=O)OCC)nnc1-c1ccc(F)cc1. The van der Waals surface area contributed by atoms with Crippen LogP contribution in [-0.4, -0.2) is 39.0 Å². The first-order valence-corrected chi connectivity index (χ1v) is 11.8. The number of rotatable bonds is 10. The van der Waals surface area contributed by atoms with Gasteiger partial charge in [-0.2, -0.15) is 0 Å². The molecule has 2 aromatic heterocycles. The van der Waals surface area contributed by atoms with Gasteiger partial charge in [-0.1, -0.05) is 24.8 Å². The molecule has 0 radical (unpaired) electrons. The van der Waals surface area contributed by atoms with E-state index in [1.807, 2.05) is 11.5 Å². The van der Waals surface area contributed by atoms with E-state index in [4.69, 9.17) is 4.74 Å². The second-order valence-corrected chi connectivity index (χ2v) is 8.66. The van der Waals surface area contributed by atoms with E-state index in [1.165, 1.54) is 35.2 Å². The van der Waals surface area contributed by atoms with Gasteiger partial charge in [0.05, 0.1) is 17.9 Å². The molecule has 1 aromatic carbocycles. The first-order chi connectivity index (χ1) is 15.5. The molecule has 0 saturated carbocycles. The van der Waals surface area contributed by atoms with Crippen LogP contribution in [0.4, 0.5) is 9.39 Å². The number of carbonyl (C=O) groups is 2. The number of nitrogens with one attached hydrogen (secondary N) is 1. The van der Waals surface area contributed by atoms with Crippen LogP contribution >= 0.6 is 23.1 Å². The molecule has 3 rings (SSSR count). The molecule has 0 bridgehead atoms. The van der Waals surface area contributed by atoms with Gasteiger partial charge in [-0.25, -0.2) is 9.18 Å². The van der Waals surface area contributed by atoms with Crippen molar-refractivity contribution >= 4 is 40.0 Å². The molecule has 1 amide bonds. The lowest BCUT2D eigenvalue weighted by molar-refractivity contribution is -0.113. The minimum Gasteiger partial charge on any atom is -0.462 e. The average molecular weight is 475 g/mol. The number of nitrogens with zero attached hydrogens (tertiary/aromatic N) is 3. The molecule has 0 aliphatic heterocycles. The summed E-state index contributed by atoms with van der Waals surface area (Å²) in [4.78, 5) is 25.8. The molecular formula is C22H23FN4O3S2. The summed E-state index contributed by atoms with van der Waals surface area (Å²) >= 11 is 2.57. The monoisotopic (exact) mass is 474 g/mol. The summed E-state index contributed by atoms with van der Waals surface area (Å²) in [5.74, 6) is -0.442. The normalized spacial score (nSPS) is 10.7. The molecule has 32 heavy (non-hydrogen) atoms. The number of amides is 1. The van der Waals surface area contributed by atoms with Crippen LogP contribution in [0.15, 0.2) is 48.1 Å². The van der Waals surface area contributed by atoms with Crippen LogP contribution in [0.3, 0.4) is 0 Å². The van der Waals surface area contributed by atoms with Crippen LogP contribution < -0.4 is 5.32 Å². The Morgan fingerprint density at radius 2 is 2.03 bits per heavy atom. The van der Waals surface area contributed by atoms with Crippen molar-refractivity contribution in [2.75, 3.05) is 17.7 Å². The van der Waals surface area contributed by atoms with Crippen molar-refractivity contribution in [1.82, 2.24) is 14.8 Å². The van der Waals surface area contributed by atoms with Crippen LogP contribution in [0.25, 0.3) is 11.4 Å². The molecule has 0 unspecified atom stereocenters. The van der Waals surface area contributed by atoms with E-state index < -0.39 is 5.97 Å². The van der Waals surface area contributed by atoms with Gasteiger partial charge in [0.1, 0.15) is 10.8 Å². The summed E-state index contributed by atoms with van der Waals surface area (Å²) in [5, 5.41) is 12.2. The Morgan fingerprint density at radius 1 is 1.28 bits per heavy atom. The quantitative estimate of drug-likeness (QED) is 0.258. The zero-order valence-electron chi connectivity index (χ0n) is 17.8. The fourth-order valence-corrected chi connectivity index (χ4v) is 4.61. The van der Waals surface area contributed by atoms with Crippen molar-refractivity contribution in [2.45, 2.75) is 32.0 Å². The van der Waals surface area contributed by atoms with Gasteiger partial charge in [-0.15, -0.1) is 28.1 Å². The van der Waals surface area contributed by atoms with Crippen molar-refractivity contribution < 1.29 is 18.7 Å². The largest absolute Gasteiger partial charge is 0.462 e. The van der Waals surface area contributed by atoms with Crippen molar-refractivity contribution in [2.24, 2.45) is 0 Å². The molecule has 0 spiro atoms. The zero-order valence-corrected chi connectivity index (χ0v) is 19.4. The maximum absolute atomic E-state index is 13.3. The van der Waals surface area contributed by atoms with Crippen molar-refractivity contribution in [3.05, 3.63) is 59.2 Å². The summed E-state index contributed by atoms with van der Waals surface area (Å²) in [6, 6.07) is 7.71. The highest BCUT2D eigenvalue weighted by molar-refractivity contribution is 7.99. The van der Waals surface area contributed by atoms with Gasteiger partial charge in [-0.05, 0) is 43.7 Å². The zero-order chi connectivity index (χ0) is 23.1. The number of ether oxygens (including phenoxy) is 1. The topological polar surface area (TPSA) is 86.1 Å². The number of hydrogen-bond donors (Lipinski definition) is 1. The van der Waals surface area contributed by atoms with Gasteiger partial charge in [0.2, 0.25) is 5.91 Å². The van der Waals surface area contributed by atoms with E-state index in [-0.39, 0.29) is 24.1 Å². The predicted octanol–water partition coefficient (Wildman–Crippen LogP) is 4.80. The number of carbonyl (C=O) groups excluding carboxylic acids is 2. The molecular weight excluding hydrogens is 451 g/mol. The highest BCUT2D eigenvalue weighted by Gasteiger charge is 2.20. The standard InChI is InChI=1S/C22H23FN4O3S2/c1-4-11-27-19(14-7-9-15(23)10-8-14)25-26-22(27)31-13-18(28)24-20-17(21(29)30-6-3)12-16(5-2)32-20/h4,7-10,12H,1,5-6,11,13H2,2-3H3,(H,24,28). The molecule has 3 aromatic rings. The number of aromatic nitrogens is 3. The second-order valence-electron chi connectivity index (χ2n) is 6.58. The molecule has 0 aliphatic carbocycles. The second kappa shape index (κ2) is 11.1. The maximum Gasteiger partial charge on any atom is 0.341 e. The molecule has 1 N–H and O–H groups in total. The number of aryl methyl sites for hydroxylation is 1. The Morgan fingerprint density at radius 3 is 2.69 bits per heavy atom. The van der Waals surface area contributed by atoms with Crippen LogP contribution in [0.2, 0.25) is 0 Å². The summed E-state index contributed by atoms with van der Waals surface area (Å²) in [5.41, 5.74) is 1.07. The Balaban J connectivity index is 1.73. The Bertz CT molecular complexity index is 1110. The van der Waals surface area contributed by atoms with Crippen LogP contribution in [0, 0.1) is 5.82 Å². The number of thioether (sulfide) groups is 1. The van der Waals surface area contributed by atoms with E-state index in [0.29, 0.717) is 33.7 Å². The van der Waals surface area contributed by atoms with Gasteiger partial charge in [0.15, 0.2) is 11.0 Å². The van der Waals surface area contributed by atoms with Crippen LogP contribution in [-0.2, 0) is 22.5 Å². The maximum atomic E-state index is 13.3. The molecule has 7 nitrogen and oxygen atoms in total. The number of hydrogen-bond acceptors (Lipinski definition) is 7. The molecule has 2 heterocycles. The van der Waals surface area contributed by atoms with Crippen molar-refractivity contribution in [1.29, 1.82) is 0 Å². The minimum absolute atomic E-state index is 0.0698. The van der Waals surface area contributed by atoms with Crippen molar-refractivity contribution in [3.63, 3.8) is 0 Å². The highest BCUT2D eigenvalue weighted by atomic mass is 32.2. The Labute approximate surface area is 193 Å². The summed E-state index contributed by atoms with van der Waals surface area (Å²) in [7, 11) is 0. The Hall–Kier alpha value is -2.98. The van der Waals surface area contributed by atoms with Crippen molar-refractivity contribution in [3.8, 4) is 11.4 Å². The minimum atomic E-state index is -0.457. The summed E-state index contributed by atoms with van der Waals surface area (Å²) in [6.07, 6.45) is 2.45. The molecule has 0 fully saturated rings. The predicted molar refractivity (Wildman–Crippen MR) is 125 cm³/mol. The van der Waals surface area contributed by atoms with Gasteiger partial charge < -0.3 is 10.1 Å². The fraction of sp³-hybridized carbons (Fsp3) is 0.273. The van der Waals surface area contributed by atoms with E-state index in [0.717, 1.165) is 11.3 Å². The molecule has 0 aliphatic rings. The summed E-state index contributed by atoms with van der Waals surface area (Å²) in [6.45, 7) is 8.17. The van der Waals surface area contributed by atoms with Gasteiger partial charge >= 0.3 is 5.97 Å². The fourth-order valence-electron chi connectivity index (χ4n) is 2.86. The number of thiophene rings is 1. The molecule has 10 heteroatoms. The molecule has 0 saturated heterocycles. The lowest BCUT2D eigenvalue weighted by Gasteiger charge is -2.08. The third kappa shape index (κ3) is 5.63. The van der Waals surface area contributed by atoms with E-state index in [1.54, 1.807) is 31.2 Å². The molecule has 168 valence electrons. The number of allylic oxidation sites excluding steroid dienone is 1. The number of benzene rings is 1. The highest BCUT2D eigenvalue weighted by Crippen LogP contribution is 2.30. The Kier molecular flexibility index (Phi) is 8.18. The van der Waals surface area contributed by atoms with Gasteiger partial charge in [-0.3, -0.25) is 9.36 Å². The number of esters is 1. The van der Waals surface area contributed by atoms with Gasteiger partial charge in [0.25, 0.3) is 0 Å². The van der Waals surface area contributed by atoms with Crippen LogP contribution in [0.1, 0.15) is 29.1 Å². The lowest BCUT2D eigenvalue weighted by Crippen LogP contribution is -2.16. The first kappa shape index (κ1) is 23.7. The van der Waals surface area contributed by atoms with E-state index in [9.17, 15) is 14.0 Å². The third-order valence-electron chi connectivity index (χ3n) is 4.34. The number of anilines is 1. The smallest absolute Gasteiger partial charge is 0.341 e. The number of halogens is 1. The first-order valence-electron chi connectivity index (χ1n) is 9.99. The average Bonchev–Trinajstić information content (AvgIpc) is 3.37. The van der Waals surface area contributed by atoms with E-state index >= 15 is 0 Å². The van der Waals surface area contributed by atoms with Crippen LogP contribution in [0.5, 0.6) is 0 Å². The lowest BCUT2D eigenvalue weighted by atomic mass is 10.2. The summed E-state index contributed by atoms with van der Waals surface area (Å²) < 4.78 is 20.2. The van der Waals surface area contributed by atoms with Gasteiger partial charge in [0, 0.05) is 17.0 Å². The molecule has 0 atom stereocenters.